The largest absolute Gasteiger partial charge is 0.439 e. The number of halogens is 1. The predicted octanol–water partition coefficient (Wildman–Crippen LogP) is 3.68. The maximum atomic E-state index is 13.0. The summed E-state index contributed by atoms with van der Waals surface area (Å²) in [6.45, 7) is 1.80. The summed E-state index contributed by atoms with van der Waals surface area (Å²) in [7, 11) is 0. The van der Waals surface area contributed by atoms with Crippen LogP contribution in [0.4, 0.5) is 15.0 Å². The number of carbonyl (C=O) groups excluding carboxylic acids is 1. The summed E-state index contributed by atoms with van der Waals surface area (Å²) < 4.78 is 18.0. The van der Waals surface area contributed by atoms with Crippen LogP contribution in [-0.2, 0) is 0 Å². The van der Waals surface area contributed by atoms with E-state index in [-0.39, 0.29) is 30.8 Å². The highest BCUT2D eigenvalue weighted by molar-refractivity contribution is 5.92. The molecule has 162 valence electrons. The summed E-state index contributed by atoms with van der Waals surface area (Å²) in [5.41, 5.74) is 0.678. The van der Waals surface area contributed by atoms with Gasteiger partial charge in [-0.05, 0) is 43.2 Å². The number of anilines is 1. The molecule has 8 nitrogen and oxygen atoms in total. The van der Waals surface area contributed by atoms with Gasteiger partial charge in [-0.1, -0.05) is 0 Å². The highest BCUT2D eigenvalue weighted by atomic mass is 19.1. The number of amides is 2. The van der Waals surface area contributed by atoms with Gasteiger partial charge in [0.15, 0.2) is 11.7 Å². The van der Waals surface area contributed by atoms with Gasteiger partial charge < -0.3 is 14.6 Å². The van der Waals surface area contributed by atoms with E-state index in [1.165, 1.54) is 0 Å². The number of pyridine rings is 2. The molecule has 0 aromatic carbocycles. The van der Waals surface area contributed by atoms with Crippen molar-refractivity contribution in [3.63, 3.8) is 0 Å². The molecule has 9 heteroatoms. The molecule has 2 bridgehead atoms. The maximum Gasteiger partial charge on any atom is 0.323 e. The van der Waals surface area contributed by atoms with Crippen LogP contribution in [0.2, 0.25) is 0 Å². The molecule has 31 heavy (non-hydrogen) atoms. The minimum atomic E-state index is -0.364. The number of nitrogens with one attached hydrogen (secondary N) is 2. The normalized spacial score (nSPS) is 22.8. The Bertz CT molecular complexity index is 1090. The zero-order chi connectivity index (χ0) is 21.4. The summed E-state index contributed by atoms with van der Waals surface area (Å²) in [4.78, 5) is 27.9. The topological polar surface area (TPSA) is 96.2 Å². The lowest BCUT2D eigenvalue weighted by atomic mass is 9.97. The molecule has 1 unspecified atom stereocenters. The molecule has 2 N–H and O–H groups in total. The third kappa shape index (κ3) is 3.97. The Labute approximate surface area is 179 Å². The minimum Gasteiger partial charge on any atom is -0.439 e. The van der Waals surface area contributed by atoms with Crippen LogP contribution in [0.5, 0.6) is 0 Å². The van der Waals surface area contributed by atoms with E-state index in [2.05, 4.69) is 25.6 Å². The van der Waals surface area contributed by atoms with E-state index in [0.717, 1.165) is 36.5 Å². The minimum absolute atomic E-state index is 0.122. The van der Waals surface area contributed by atoms with Crippen LogP contribution in [0.15, 0.2) is 35.1 Å². The Morgan fingerprint density at radius 3 is 2.61 bits per heavy atom. The second-order valence-corrected chi connectivity index (χ2v) is 8.26. The van der Waals surface area contributed by atoms with Gasteiger partial charge in [-0.15, -0.1) is 0 Å². The van der Waals surface area contributed by atoms with Crippen LogP contribution in [0, 0.1) is 6.92 Å². The van der Waals surface area contributed by atoms with Crippen LogP contribution in [-0.4, -0.2) is 57.2 Å². The molecule has 2 fully saturated rings. The summed E-state index contributed by atoms with van der Waals surface area (Å²) in [5, 5.41) is 8.00. The van der Waals surface area contributed by atoms with Crippen molar-refractivity contribution in [3.05, 3.63) is 36.6 Å². The van der Waals surface area contributed by atoms with Crippen LogP contribution >= 0.6 is 0 Å². The summed E-state index contributed by atoms with van der Waals surface area (Å²) in [6.07, 6.45) is 8.79. The molecule has 2 saturated heterocycles. The molecule has 2 amide bonds. The number of aryl methyl sites for hydroxylation is 1. The van der Waals surface area contributed by atoms with Gasteiger partial charge in [0.05, 0.1) is 6.20 Å². The highest BCUT2D eigenvalue weighted by Gasteiger charge is 2.43. The molecule has 3 atom stereocenters. The molecule has 0 radical (unpaired) electrons. The van der Waals surface area contributed by atoms with E-state index in [0.29, 0.717) is 29.7 Å². The molecule has 2 aliphatic heterocycles. The summed E-state index contributed by atoms with van der Waals surface area (Å²) >= 11 is 0. The third-order valence-electron chi connectivity index (χ3n) is 6.21. The van der Waals surface area contributed by atoms with E-state index in [1.807, 2.05) is 17.0 Å². The molecule has 0 aliphatic carbocycles. The molecule has 0 saturated carbocycles. The SMILES string of the molecule is Cc1ncc(-c2cc3cc(NC(=O)N4[C@@H]5CC[C@H]4CC(NCCF)C5)ncc3cn2)o1. The van der Waals surface area contributed by atoms with E-state index in [4.69, 9.17) is 4.42 Å². The zero-order valence-corrected chi connectivity index (χ0v) is 17.3. The highest BCUT2D eigenvalue weighted by Crippen LogP contribution is 2.36. The first-order valence-electron chi connectivity index (χ1n) is 10.7. The number of carbonyl (C=O) groups is 1. The van der Waals surface area contributed by atoms with E-state index in [1.54, 1.807) is 25.5 Å². The van der Waals surface area contributed by atoms with Crippen LogP contribution < -0.4 is 10.6 Å². The third-order valence-corrected chi connectivity index (χ3v) is 6.21. The van der Waals surface area contributed by atoms with Gasteiger partial charge in [-0.2, -0.15) is 0 Å². The number of urea groups is 1. The molecule has 5 heterocycles. The van der Waals surface area contributed by atoms with E-state index >= 15 is 0 Å². The van der Waals surface area contributed by atoms with Crippen molar-refractivity contribution >= 4 is 22.6 Å². The fraction of sp³-hybridized carbons (Fsp3) is 0.455. The lowest BCUT2D eigenvalue weighted by molar-refractivity contribution is 0.141. The fourth-order valence-corrected chi connectivity index (χ4v) is 4.83. The Balaban J connectivity index is 1.31. The van der Waals surface area contributed by atoms with Gasteiger partial charge in [0.25, 0.3) is 0 Å². The molecule has 0 spiro atoms. The van der Waals surface area contributed by atoms with Crippen molar-refractivity contribution in [1.82, 2.24) is 25.2 Å². The standard InChI is InChI=1S/C22H25FN6O2/c1-13-25-12-20(31-13)19-6-14-7-21(27-11-15(14)10-26-19)28-22(30)29-17-2-3-18(29)9-16(8-17)24-5-4-23/h6-7,10-12,16-18,24H,2-5,8-9H2,1H3,(H,27,28,30)/t16?,17-,18+. The first kappa shape index (κ1) is 19.9. The first-order valence-corrected chi connectivity index (χ1v) is 10.7. The quantitative estimate of drug-likeness (QED) is 0.649. The Kier molecular flexibility index (Phi) is 5.27. The maximum absolute atomic E-state index is 13.0. The Morgan fingerprint density at radius 1 is 1.13 bits per heavy atom. The van der Waals surface area contributed by atoms with E-state index in [9.17, 15) is 9.18 Å². The molecule has 2 aliphatic rings. The van der Waals surface area contributed by atoms with Crippen LogP contribution in [0.3, 0.4) is 0 Å². The molecule has 3 aromatic rings. The fourth-order valence-electron chi connectivity index (χ4n) is 4.83. The summed E-state index contributed by atoms with van der Waals surface area (Å²) in [6, 6.07) is 4.27. The monoisotopic (exact) mass is 424 g/mol. The first-order chi connectivity index (χ1) is 15.1. The smallest absolute Gasteiger partial charge is 0.323 e. The second-order valence-electron chi connectivity index (χ2n) is 8.26. The summed E-state index contributed by atoms with van der Waals surface area (Å²) in [5.74, 6) is 1.68. The molecule has 5 rings (SSSR count). The lowest BCUT2D eigenvalue weighted by Gasteiger charge is -2.39. The molecular weight excluding hydrogens is 399 g/mol. The Hall–Kier alpha value is -3.07. The number of hydrogen-bond donors (Lipinski definition) is 2. The van der Waals surface area contributed by atoms with E-state index < -0.39 is 0 Å². The Morgan fingerprint density at radius 2 is 1.90 bits per heavy atom. The van der Waals surface area contributed by atoms with Gasteiger partial charge in [0, 0.05) is 49.4 Å². The zero-order valence-electron chi connectivity index (χ0n) is 17.3. The number of alkyl halides is 1. The number of hydrogen-bond acceptors (Lipinski definition) is 6. The number of piperidine rings is 1. The average Bonchev–Trinajstić information content (AvgIpc) is 3.32. The van der Waals surface area contributed by atoms with Crippen molar-refractivity contribution < 1.29 is 13.6 Å². The van der Waals surface area contributed by atoms with Gasteiger partial charge in [0.1, 0.15) is 18.2 Å². The number of oxazole rings is 1. The van der Waals surface area contributed by atoms with Crippen LogP contribution in [0.25, 0.3) is 22.2 Å². The van der Waals surface area contributed by atoms with Gasteiger partial charge in [0.2, 0.25) is 0 Å². The number of rotatable bonds is 5. The van der Waals surface area contributed by atoms with Crippen molar-refractivity contribution in [2.24, 2.45) is 0 Å². The van der Waals surface area contributed by atoms with Gasteiger partial charge in [-0.3, -0.25) is 10.3 Å². The van der Waals surface area contributed by atoms with Gasteiger partial charge >= 0.3 is 6.03 Å². The van der Waals surface area contributed by atoms with Crippen LogP contribution in [0.1, 0.15) is 31.6 Å². The van der Waals surface area contributed by atoms with Crippen molar-refractivity contribution in [3.8, 4) is 11.5 Å². The van der Waals surface area contributed by atoms with Gasteiger partial charge in [-0.25, -0.2) is 19.2 Å². The van der Waals surface area contributed by atoms with Crippen molar-refractivity contribution in [1.29, 1.82) is 0 Å². The van der Waals surface area contributed by atoms with Crippen molar-refractivity contribution in [2.45, 2.75) is 50.7 Å². The van der Waals surface area contributed by atoms with Crippen molar-refractivity contribution in [2.75, 3.05) is 18.5 Å². The predicted molar refractivity (Wildman–Crippen MR) is 114 cm³/mol. The second kappa shape index (κ2) is 8.22. The molecular formula is C22H25FN6O2. The molecule has 3 aromatic heterocycles. The lowest BCUT2D eigenvalue weighted by Crippen LogP contribution is -2.53. The number of nitrogens with zero attached hydrogens (tertiary/aromatic N) is 4. The number of aromatic nitrogens is 3. The number of fused-ring (bicyclic) bond motifs is 3. The average molecular weight is 424 g/mol.